The van der Waals surface area contributed by atoms with E-state index in [0.717, 1.165) is 0 Å². The molecule has 1 rings (SSSR count). The molecule has 82 valence electrons. The normalized spacial score (nSPS) is 10.0. The van der Waals surface area contributed by atoms with E-state index in [1.165, 1.54) is 11.1 Å². The van der Waals surface area contributed by atoms with Gasteiger partial charge in [-0.2, -0.15) is 0 Å². The Morgan fingerprint density at radius 3 is 2.93 bits per heavy atom. The van der Waals surface area contributed by atoms with E-state index in [9.17, 15) is 4.79 Å². The molecule has 0 aromatic heterocycles. The Kier molecular flexibility index (Phi) is 4.84. The van der Waals surface area contributed by atoms with Gasteiger partial charge in [0.15, 0.2) is 0 Å². The Balaban J connectivity index is 2.28. The molecule has 0 unspecified atom stereocenters. The Labute approximate surface area is 90.4 Å². The van der Waals surface area contributed by atoms with Gasteiger partial charge in [0.2, 0.25) is 0 Å². The third-order valence-corrected chi connectivity index (χ3v) is 1.99. The minimum atomic E-state index is -0.204. The van der Waals surface area contributed by atoms with Gasteiger partial charge in [-0.1, -0.05) is 29.8 Å². The van der Waals surface area contributed by atoms with Gasteiger partial charge in [0.05, 0.1) is 13.2 Å². The lowest BCUT2D eigenvalue weighted by atomic mass is 10.1. The zero-order chi connectivity index (χ0) is 11.1. The number of hydrogen-bond donors (Lipinski definition) is 1. The molecule has 0 fully saturated rings. The molecule has 15 heavy (non-hydrogen) atoms. The molecule has 0 saturated carbocycles. The highest BCUT2D eigenvalue weighted by Gasteiger charge is 2.00. The molecule has 1 N–H and O–H groups in total. The Hall–Kier alpha value is -1.35. The molecule has 0 heterocycles. The first kappa shape index (κ1) is 11.7. The van der Waals surface area contributed by atoms with Gasteiger partial charge >= 0.3 is 5.97 Å². The molecule has 1 aromatic rings. The average molecular weight is 207 g/mol. The van der Waals surface area contributed by atoms with Gasteiger partial charge in [0, 0.05) is 6.54 Å². The van der Waals surface area contributed by atoms with Crippen molar-refractivity contribution in [2.45, 2.75) is 20.4 Å². The third-order valence-electron chi connectivity index (χ3n) is 1.99. The lowest BCUT2D eigenvalue weighted by Crippen LogP contribution is -2.24. The van der Waals surface area contributed by atoms with Crippen molar-refractivity contribution in [3.8, 4) is 0 Å². The van der Waals surface area contributed by atoms with Crippen LogP contribution >= 0.6 is 0 Å². The average Bonchev–Trinajstić information content (AvgIpc) is 2.18. The number of hydrogen-bond acceptors (Lipinski definition) is 3. The van der Waals surface area contributed by atoms with E-state index in [2.05, 4.69) is 24.4 Å². The summed E-state index contributed by atoms with van der Waals surface area (Å²) in [5.74, 6) is -0.204. The molecule has 0 atom stereocenters. The fourth-order valence-corrected chi connectivity index (χ4v) is 1.34. The SMILES string of the molecule is CCOC(=O)CNCc1cccc(C)c1. The molecule has 3 heteroatoms. The van der Waals surface area contributed by atoms with E-state index in [4.69, 9.17) is 4.74 Å². The highest BCUT2D eigenvalue weighted by molar-refractivity contribution is 5.71. The van der Waals surface area contributed by atoms with Crippen LogP contribution in [0.3, 0.4) is 0 Å². The van der Waals surface area contributed by atoms with Crippen molar-refractivity contribution in [3.63, 3.8) is 0 Å². The number of aryl methyl sites for hydroxylation is 1. The van der Waals surface area contributed by atoms with Crippen LogP contribution in [0.25, 0.3) is 0 Å². The molecule has 0 aliphatic carbocycles. The Morgan fingerprint density at radius 1 is 1.47 bits per heavy atom. The van der Waals surface area contributed by atoms with Crippen molar-refractivity contribution in [1.29, 1.82) is 0 Å². The zero-order valence-corrected chi connectivity index (χ0v) is 9.25. The monoisotopic (exact) mass is 207 g/mol. The Bertz CT molecular complexity index is 323. The summed E-state index contributed by atoms with van der Waals surface area (Å²) in [6.07, 6.45) is 0. The summed E-state index contributed by atoms with van der Waals surface area (Å²) < 4.78 is 4.80. The Morgan fingerprint density at radius 2 is 2.27 bits per heavy atom. The van der Waals surface area contributed by atoms with Gasteiger partial charge in [-0.05, 0) is 19.4 Å². The molecule has 0 bridgehead atoms. The quantitative estimate of drug-likeness (QED) is 0.746. The van der Waals surface area contributed by atoms with Crippen molar-refractivity contribution in [2.75, 3.05) is 13.2 Å². The van der Waals surface area contributed by atoms with Crippen molar-refractivity contribution < 1.29 is 9.53 Å². The summed E-state index contributed by atoms with van der Waals surface area (Å²) in [4.78, 5) is 11.0. The van der Waals surface area contributed by atoms with Crippen molar-refractivity contribution >= 4 is 5.97 Å². The van der Waals surface area contributed by atoms with E-state index in [-0.39, 0.29) is 12.5 Å². The first-order chi connectivity index (χ1) is 7.22. The first-order valence-corrected chi connectivity index (χ1v) is 5.14. The number of carbonyl (C=O) groups is 1. The third kappa shape index (κ3) is 4.61. The van der Waals surface area contributed by atoms with E-state index in [1.807, 2.05) is 12.1 Å². The zero-order valence-electron chi connectivity index (χ0n) is 9.25. The maximum atomic E-state index is 11.0. The van der Waals surface area contributed by atoms with Crippen LogP contribution in [-0.2, 0) is 16.1 Å². The van der Waals surface area contributed by atoms with Crippen LogP contribution < -0.4 is 5.32 Å². The summed E-state index contributed by atoms with van der Waals surface area (Å²) >= 11 is 0. The summed E-state index contributed by atoms with van der Waals surface area (Å²) in [7, 11) is 0. The predicted octanol–water partition coefficient (Wildman–Crippen LogP) is 1.65. The molecule has 0 saturated heterocycles. The standard InChI is InChI=1S/C12H17NO2/c1-3-15-12(14)9-13-8-11-6-4-5-10(2)7-11/h4-7,13H,3,8-9H2,1-2H3. The minimum absolute atomic E-state index is 0.204. The number of benzene rings is 1. The lowest BCUT2D eigenvalue weighted by molar-refractivity contribution is -0.142. The molecular weight excluding hydrogens is 190 g/mol. The summed E-state index contributed by atoms with van der Waals surface area (Å²) in [6.45, 7) is 5.25. The molecule has 0 amide bonds. The summed E-state index contributed by atoms with van der Waals surface area (Å²) in [5.41, 5.74) is 2.41. The van der Waals surface area contributed by atoms with Crippen LogP contribution in [-0.4, -0.2) is 19.1 Å². The second-order valence-corrected chi connectivity index (χ2v) is 3.40. The van der Waals surface area contributed by atoms with E-state index >= 15 is 0 Å². The van der Waals surface area contributed by atoms with Crippen LogP contribution in [0.15, 0.2) is 24.3 Å². The number of esters is 1. The molecular formula is C12H17NO2. The van der Waals surface area contributed by atoms with E-state index in [1.54, 1.807) is 6.92 Å². The van der Waals surface area contributed by atoms with Crippen molar-refractivity contribution in [2.24, 2.45) is 0 Å². The van der Waals surface area contributed by atoms with Gasteiger partial charge in [0.1, 0.15) is 0 Å². The first-order valence-electron chi connectivity index (χ1n) is 5.14. The fraction of sp³-hybridized carbons (Fsp3) is 0.417. The van der Waals surface area contributed by atoms with Crippen LogP contribution in [0.5, 0.6) is 0 Å². The van der Waals surface area contributed by atoms with Gasteiger partial charge in [-0.25, -0.2) is 0 Å². The van der Waals surface area contributed by atoms with Crippen LogP contribution in [0.4, 0.5) is 0 Å². The van der Waals surface area contributed by atoms with Gasteiger partial charge in [0.25, 0.3) is 0 Å². The maximum Gasteiger partial charge on any atom is 0.319 e. The predicted molar refractivity (Wildman–Crippen MR) is 59.5 cm³/mol. The molecule has 3 nitrogen and oxygen atoms in total. The smallest absolute Gasteiger partial charge is 0.319 e. The van der Waals surface area contributed by atoms with Crippen LogP contribution in [0, 0.1) is 6.92 Å². The number of rotatable bonds is 5. The van der Waals surface area contributed by atoms with Gasteiger partial charge in [-0.3, -0.25) is 4.79 Å². The summed E-state index contributed by atoms with van der Waals surface area (Å²) in [6, 6.07) is 8.19. The molecule has 0 aliphatic rings. The van der Waals surface area contributed by atoms with E-state index < -0.39 is 0 Å². The van der Waals surface area contributed by atoms with Crippen LogP contribution in [0.2, 0.25) is 0 Å². The van der Waals surface area contributed by atoms with Crippen molar-refractivity contribution in [1.82, 2.24) is 5.32 Å². The van der Waals surface area contributed by atoms with Gasteiger partial charge < -0.3 is 10.1 Å². The lowest BCUT2D eigenvalue weighted by Gasteiger charge is -2.05. The minimum Gasteiger partial charge on any atom is -0.465 e. The summed E-state index contributed by atoms with van der Waals surface area (Å²) in [5, 5.41) is 3.04. The van der Waals surface area contributed by atoms with Crippen molar-refractivity contribution in [3.05, 3.63) is 35.4 Å². The number of carbonyl (C=O) groups excluding carboxylic acids is 1. The van der Waals surface area contributed by atoms with E-state index in [0.29, 0.717) is 13.2 Å². The topological polar surface area (TPSA) is 38.3 Å². The highest BCUT2D eigenvalue weighted by atomic mass is 16.5. The number of ether oxygens (including phenoxy) is 1. The second-order valence-electron chi connectivity index (χ2n) is 3.40. The highest BCUT2D eigenvalue weighted by Crippen LogP contribution is 2.02. The second kappa shape index (κ2) is 6.19. The van der Waals surface area contributed by atoms with Crippen LogP contribution in [0.1, 0.15) is 18.1 Å². The van der Waals surface area contributed by atoms with Gasteiger partial charge in [-0.15, -0.1) is 0 Å². The fourth-order valence-electron chi connectivity index (χ4n) is 1.34. The molecule has 0 radical (unpaired) electrons. The maximum absolute atomic E-state index is 11.0. The number of nitrogens with one attached hydrogen (secondary N) is 1. The largest absolute Gasteiger partial charge is 0.465 e. The molecule has 1 aromatic carbocycles. The molecule has 0 spiro atoms. The molecule has 0 aliphatic heterocycles.